The molecule has 1 aliphatic rings. The van der Waals surface area contributed by atoms with E-state index in [1.807, 2.05) is 75.2 Å². The Morgan fingerprint density at radius 3 is 2.48 bits per heavy atom. The highest BCUT2D eigenvalue weighted by Crippen LogP contribution is 2.30. The number of halogens is 1. The molecule has 3 aromatic rings. The fourth-order valence-corrected chi connectivity index (χ4v) is 5.36. The first kappa shape index (κ1) is 29.8. The molecule has 4 rings (SSSR count). The van der Waals surface area contributed by atoms with Gasteiger partial charge in [-0.1, -0.05) is 15.9 Å². The molecule has 1 saturated heterocycles. The summed E-state index contributed by atoms with van der Waals surface area (Å²) in [4.78, 5) is 38.8. The number of Topliss-reactive ketones (excluding diaryl/α,β-unsaturated/α-hetero) is 1. The number of carbonyl (C=O) groups excluding carboxylic acids is 2. The van der Waals surface area contributed by atoms with E-state index in [4.69, 9.17) is 9.72 Å². The van der Waals surface area contributed by atoms with Crippen LogP contribution in [-0.2, 0) is 4.74 Å². The second-order valence-corrected chi connectivity index (χ2v) is 13.7. The van der Waals surface area contributed by atoms with Crippen molar-refractivity contribution in [2.75, 3.05) is 23.3 Å². The number of piperidine rings is 1. The molecule has 1 amide bonds. The number of anilines is 3. The van der Waals surface area contributed by atoms with Crippen molar-refractivity contribution in [3.05, 3.63) is 54.4 Å². The molecule has 2 aromatic heterocycles. The number of nitrogens with one attached hydrogen (secondary N) is 1. The topological polar surface area (TPSA) is 87.7 Å². The summed E-state index contributed by atoms with van der Waals surface area (Å²) in [5, 5.41) is 4.31. The maximum Gasteiger partial charge on any atom is 0.411 e. The standard InChI is InChI=1S/C31H40BrN5O3/c1-20(32)28(38)21-10-12-25-24(17-21)26(14-15-33-25)35-22-11-13-27(34-18-22)36-16-8-9-23(19-36)37(30(2,3)4)29(39)40-31(5,6)7/h10-15,17-18,20,23H,8-9,16,19H2,1-7H3,(H,33,35). The van der Waals surface area contributed by atoms with Crippen LogP contribution >= 0.6 is 15.9 Å². The van der Waals surface area contributed by atoms with Crippen LogP contribution in [0.4, 0.5) is 22.0 Å². The summed E-state index contributed by atoms with van der Waals surface area (Å²) < 4.78 is 5.77. The lowest BCUT2D eigenvalue weighted by molar-refractivity contribution is -0.00939. The van der Waals surface area contributed by atoms with E-state index in [0.29, 0.717) is 12.1 Å². The number of amides is 1. The van der Waals surface area contributed by atoms with Crippen LogP contribution in [0.5, 0.6) is 0 Å². The van der Waals surface area contributed by atoms with Crippen molar-refractivity contribution in [3.63, 3.8) is 0 Å². The van der Waals surface area contributed by atoms with Crippen LogP contribution in [0.15, 0.2) is 48.8 Å². The highest BCUT2D eigenvalue weighted by atomic mass is 79.9. The quantitative estimate of drug-likeness (QED) is 0.231. The van der Waals surface area contributed by atoms with Crippen molar-refractivity contribution in [2.45, 2.75) is 83.3 Å². The van der Waals surface area contributed by atoms with E-state index in [1.165, 1.54) is 0 Å². The summed E-state index contributed by atoms with van der Waals surface area (Å²) in [5.74, 6) is 0.895. The Morgan fingerprint density at radius 1 is 1.10 bits per heavy atom. The summed E-state index contributed by atoms with van der Waals surface area (Å²) in [7, 11) is 0. The maximum absolute atomic E-state index is 13.2. The molecular weight excluding hydrogens is 570 g/mol. The second kappa shape index (κ2) is 11.7. The number of aromatic nitrogens is 2. The third kappa shape index (κ3) is 7.11. The maximum atomic E-state index is 13.2. The van der Waals surface area contributed by atoms with Gasteiger partial charge in [-0.25, -0.2) is 9.78 Å². The normalized spacial score (nSPS) is 16.9. The van der Waals surface area contributed by atoms with E-state index in [0.717, 1.165) is 47.5 Å². The molecule has 0 spiro atoms. The Labute approximate surface area is 245 Å². The van der Waals surface area contributed by atoms with Crippen molar-refractivity contribution in [2.24, 2.45) is 0 Å². The Morgan fingerprint density at radius 2 is 1.85 bits per heavy atom. The van der Waals surface area contributed by atoms with Crippen LogP contribution in [0.25, 0.3) is 10.9 Å². The number of pyridine rings is 2. The molecule has 8 nitrogen and oxygen atoms in total. The lowest BCUT2D eigenvalue weighted by atomic mass is 9.97. The second-order valence-electron chi connectivity index (χ2n) is 12.4. The van der Waals surface area contributed by atoms with Gasteiger partial charge in [-0.2, -0.15) is 0 Å². The molecule has 214 valence electrons. The van der Waals surface area contributed by atoms with Crippen molar-refractivity contribution in [1.82, 2.24) is 14.9 Å². The molecule has 1 aromatic carbocycles. The van der Waals surface area contributed by atoms with Gasteiger partial charge in [-0.15, -0.1) is 0 Å². The van der Waals surface area contributed by atoms with E-state index in [2.05, 4.69) is 51.9 Å². The fourth-order valence-electron chi connectivity index (χ4n) is 5.10. The van der Waals surface area contributed by atoms with E-state index >= 15 is 0 Å². The largest absolute Gasteiger partial charge is 0.444 e. The van der Waals surface area contributed by atoms with E-state index in [9.17, 15) is 9.59 Å². The first-order valence-electron chi connectivity index (χ1n) is 13.8. The predicted octanol–water partition coefficient (Wildman–Crippen LogP) is 7.34. The van der Waals surface area contributed by atoms with Crippen LogP contribution in [0, 0.1) is 0 Å². The van der Waals surface area contributed by atoms with Gasteiger partial charge in [0.2, 0.25) is 0 Å². The van der Waals surface area contributed by atoms with Crippen molar-refractivity contribution in [3.8, 4) is 0 Å². The molecule has 0 radical (unpaired) electrons. The van der Waals surface area contributed by atoms with Gasteiger partial charge >= 0.3 is 6.09 Å². The van der Waals surface area contributed by atoms with Gasteiger partial charge in [0.25, 0.3) is 0 Å². The van der Waals surface area contributed by atoms with Gasteiger partial charge in [0.05, 0.1) is 28.3 Å². The molecule has 40 heavy (non-hydrogen) atoms. The van der Waals surface area contributed by atoms with Crippen molar-refractivity contribution < 1.29 is 14.3 Å². The van der Waals surface area contributed by atoms with Crippen LogP contribution in [-0.4, -0.2) is 61.8 Å². The Kier molecular flexibility index (Phi) is 8.73. The summed E-state index contributed by atoms with van der Waals surface area (Å²) >= 11 is 3.37. The molecule has 1 N–H and O–H groups in total. The van der Waals surface area contributed by atoms with Crippen LogP contribution in [0.1, 0.15) is 71.7 Å². The molecule has 2 unspecified atom stereocenters. The lowest BCUT2D eigenvalue weighted by Gasteiger charge is -2.46. The fraction of sp³-hybridized carbons (Fsp3) is 0.484. The zero-order chi connectivity index (χ0) is 29.2. The van der Waals surface area contributed by atoms with Crippen LogP contribution in [0.3, 0.4) is 0 Å². The molecule has 9 heteroatoms. The first-order chi connectivity index (χ1) is 18.7. The highest BCUT2D eigenvalue weighted by Gasteiger charge is 2.38. The highest BCUT2D eigenvalue weighted by molar-refractivity contribution is 9.10. The molecule has 2 atom stereocenters. The van der Waals surface area contributed by atoms with Crippen molar-refractivity contribution >= 4 is 55.9 Å². The number of hydrogen-bond acceptors (Lipinski definition) is 7. The third-order valence-corrected chi connectivity index (χ3v) is 7.23. The molecule has 1 aliphatic heterocycles. The minimum atomic E-state index is -0.553. The van der Waals surface area contributed by atoms with Gasteiger partial charge in [-0.05, 0) is 97.7 Å². The van der Waals surface area contributed by atoms with Gasteiger partial charge in [0, 0.05) is 41.5 Å². The summed E-state index contributed by atoms with van der Waals surface area (Å²) in [6, 6.07) is 11.5. The SMILES string of the molecule is CC(Br)C(=O)c1ccc2nccc(Nc3ccc(N4CCCC(N(C(=O)OC(C)(C)C)C(C)(C)C)C4)nc3)c2c1. The smallest absolute Gasteiger partial charge is 0.411 e. The minimum absolute atomic E-state index is 0.0190. The van der Waals surface area contributed by atoms with E-state index in [-0.39, 0.29) is 28.3 Å². The number of rotatable bonds is 6. The van der Waals surface area contributed by atoms with Crippen LogP contribution < -0.4 is 10.2 Å². The zero-order valence-electron chi connectivity index (χ0n) is 24.5. The summed E-state index contributed by atoms with van der Waals surface area (Å²) in [5.41, 5.74) is 2.20. The Hall–Kier alpha value is -3.20. The molecule has 0 aliphatic carbocycles. The zero-order valence-corrected chi connectivity index (χ0v) is 26.1. The van der Waals surface area contributed by atoms with Gasteiger partial charge in [0.15, 0.2) is 5.78 Å². The van der Waals surface area contributed by atoms with E-state index in [1.54, 1.807) is 6.20 Å². The summed E-state index contributed by atoms with van der Waals surface area (Å²) in [6.45, 7) is 15.2. The Balaban J connectivity index is 1.51. The molecule has 0 saturated carbocycles. The lowest BCUT2D eigenvalue weighted by Crippen LogP contribution is -2.58. The average Bonchev–Trinajstić information content (AvgIpc) is 2.87. The number of carbonyl (C=O) groups is 2. The van der Waals surface area contributed by atoms with Crippen LogP contribution in [0.2, 0.25) is 0 Å². The van der Waals surface area contributed by atoms with Gasteiger partial charge < -0.3 is 15.0 Å². The van der Waals surface area contributed by atoms with Gasteiger partial charge in [0.1, 0.15) is 11.4 Å². The number of fused-ring (bicyclic) bond motifs is 1. The average molecular weight is 611 g/mol. The number of nitrogens with zero attached hydrogens (tertiary/aromatic N) is 4. The molecule has 0 bridgehead atoms. The minimum Gasteiger partial charge on any atom is -0.444 e. The number of benzene rings is 1. The number of ether oxygens (including phenoxy) is 1. The predicted molar refractivity (Wildman–Crippen MR) is 165 cm³/mol. The first-order valence-corrected chi connectivity index (χ1v) is 14.7. The molecular formula is C31H40BrN5O3. The number of ketones is 1. The third-order valence-electron chi connectivity index (χ3n) is 6.81. The van der Waals surface area contributed by atoms with Crippen molar-refractivity contribution in [1.29, 1.82) is 0 Å². The Bertz CT molecular complexity index is 1360. The summed E-state index contributed by atoms with van der Waals surface area (Å²) in [6.07, 6.45) is 5.16. The monoisotopic (exact) mass is 609 g/mol. The van der Waals surface area contributed by atoms with Gasteiger partial charge in [-0.3, -0.25) is 14.7 Å². The van der Waals surface area contributed by atoms with E-state index < -0.39 is 5.60 Å². The number of alkyl halides is 1. The number of hydrogen-bond donors (Lipinski definition) is 1. The molecule has 1 fully saturated rings. The molecule has 3 heterocycles.